The predicted molar refractivity (Wildman–Crippen MR) is 93.3 cm³/mol. The second kappa shape index (κ2) is 7.50. The summed E-state index contributed by atoms with van der Waals surface area (Å²) in [6, 6.07) is 12.2. The van der Waals surface area contributed by atoms with Crippen LogP contribution in [0.25, 0.3) is 0 Å². The number of rotatable bonds is 5. The van der Waals surface area contributed by atoms with E-state index in [9.17, 15) is 14.9 Å². The zero-order chi connectivity index (χ0) is 17.7. The lowest BCUT2D eigenvalue weighted by Gasteiger charge is -2.05. The monoisotopic (exact) mass is 325 g/mol. The molecule has 0 aliphatic rings. The molecule has 2 rings (SSSR count). The van der Waals surface area contributed by atoms with E-state index in [2.05, 4.69) is 17.5 Å². The van der Waals surface area contributed by atoms with Crippen LogP contribution >= 0.6 is 0 Å². The summed E-state index contributed by atoms with van der Waals surface area (Å²) in [7, 11) is 0. The van der Waals surface area contributed by atoms with Crippen LogP contribution in [-0.4, -0.2) is 16.5 Å². The van der Waals surface area contributed by atoms with Gasteiger partial charge in [-0.2, -0.15) is 5.10 Å². The third kappa shape index (κ3) is 4.04. The van der Waals surface area contributed by atoms with E-state index in [-0.39, 0.29) is 5.69 Å². The van der Waals surface area contributed by atoms with Crippen molar-refractivity contribution in [3.05, 3.63) is 74.8 Å². The van der Waals surface area contributed by atoms with Crippen molar-refractivity contribution in [1.82, 2.24) is 5.43 Å². The van der Waals surface area contributed by atoms with Gasteiger partial charge in [-0.25, -0.2) is 5.43 Å². The van der Waals surface area contributed by atoms with Crippen molar-refractivity contribution < 1.29 is 9.72 Å². The number of hydrogen-bond acceptors (Lipinski definition) is 4. The molecule has 2 aromatic carbocycles. The summed E-state index contributed by atoms with van der Waals surface area (Å²) in [5.41, 5.74) is 6.07. The highest BCUT2D eigenvalue weighted by atomic mass is 16.6. The van der Waals surface area contributed by atoms with E-state index in [4.69, 9.17) is 0 Å². The number of hydrazone groups is 1. The van der Waals surface area contributed by atoms with Gasteiger partial charge in [-0.15, -0.1) is 0 Å². The molecule has 0 saturated carbocycles. The van der Waals surface area contributed by atoms with Gasteiger partial charge in [0.25, 0.3) is 11.6 Å². The first-order valence-electron chi connectivity index (χ1n) is 7.61. The quantitative estimate of drug-likeness (QED) is 0.517. The molecule has 0 bridgehead atoms. The fourth-order valence-electron chi connectivity index (χ4n) is 2.25. The summed E-state index contributed by atoms with van der Waals surface area (Å²) in [6.45, 7) is 5.49. The molecule has 1 amide bonds. The van der Waals surface area contributed by atoms with Crippen LogP contribution in [0.4, 0.5) is 5.69 Å². The highest BCUT2D eigenvalue weighted by Gasteiger charge is 2.13. The number of nitrogens with zero attached hydrogens (tertiary/aromatic N) is 2. The van der Waals surface area contributed by atoms with E-state index in [1.165, 1.54) is 23.8 Å². The Labute approximate surface area is 140 Å². The summed E-state index contributed by atoms with van der Waals surface area (Å²) in [6.07, 6.45) is 0.965. The number of nitro groups is 1. The lowest BCUT2D eigenvalue weighted by Crippen LogP contribution is -2.19. The summed E-state index contributed by atoms with van der Waals surface area (Å²) >= 11 is 0. The molecule has 0 saturated heterocycles. The minimum atomic E-state index is -0.473. The van der Waals surface area contributed by atoms with Crippen molar-refractivity contribution >= 4 is 17.3 Å². The van der Waals surface area contributed by atoms with Crippen LogP contribution in [0.2, 0.25) is 0 Å². The predicted octanol–water partition coefficient (Wildman–Crippen LogP) is 3.62. The fourth-order valence-corrected chi connectivity index (χ4v) is 2.25. The number of benzene rings is 2. The lowest BCUT2D eigenvalue weighted by atomic mass is 10.1. The Hall–Kier alpha value is -3.02. The minimum Gasteiger partial charge on any atom is -0.267 e. The zero-order valence-electron chi connectivity index (χ0n) is 13.9. The summed E-state index contributed by atoms with van der Waals surface area (Å²) in [5, 5.41) is 14.9. The van der Waals surface area contributed by atoms with Gasteiger partial charge < -0.3 is 0 Å². The van der Waals surface area contributed by atoms with Gasteiger partial charge in [-0.05, 0) is 43.5 Å². The molecule has 0 fully saturated rings. The maximum atomic E-state index is 12.1. The number of amides is 1. The standard InChI is InChI=1S/C18H19N3O3/c1-4-14-5-7-15(8-6-14)13(3)19-20-18(22)16-9-10-17(21(23)24)12(2)11-16/h5-11H,4H2,1-3H3,(H,20,22). The second-order valence-electron chi connectivity index (χ2n) is 5.45. The number of aryl methyl sites for hydroxylation is 2. The molecular formula is C18H19N3O3. The maximum Gasteiger partial charge on any atom is 0.272 e. The molecular weight excluding hydrogens is 306 g/mol. The Balaban J connectivity index is 2.11. The van der Waals surface area contributed by atoms with Gasteiger partial charge in [-0.1, -0.05) is 31.2 Å². The highest BCUT2D eigenvalue weighted by molar-refractivity contribution is 6.01. The second-order valence-corrected chi connectivity index (χ2v) is 5.45. The van der Waals surface area contributed by atoms with Crippen LogP contribution in [0, 0.1) is 17.0 Å². The topological polar surface area (TPSA) is 84.6 Å². The van der Waals surface area contributed by atoms with E-state index >= 15 is 0 Å². The van der Waals surface area contributed by atoms with E-state index < -0.39 is 10.8 Å². The van der Waals surface area contributed by atoms with Gasteiger partial charge >= 0.3 is 0 Å². The SMILES string of the molecule is CCc1ccc(C(C)=NNC(=O)c2ccc([N+](=O)[O-])c(C)c2)cc1. The first-order chi connectivity index (χ1) is 11.4. The third-order valence-electron chi connectivity index (χ3n) is 3.76. The van der Waals surface area contributed by atoms with Crippen LogP contribution in [0.15, 0.2) is 47.6 Å². The van der Waals surface area contributed by atoms with Crippen LogP contribution in [-0.2, 0) is 6.42 Å². The summed E-state index contributed by atoms with van der Waals surface area (Å²) in [5.74, 6) is -0.405. The Morgan fingerprint density at radius 2 is 1.79 bits per heavy atom. The number of nitro benzene ring substituents is 1. The zero-order valence-corrected chi connectivity index (χ0v) is 13.9. The average molecular weight is 325 g/mol. The van der Waals surface area contributed by atoms with Gasteiger partial charge in [-0.3, -0.25) is 14.9 Å². The van der Waals surface area contributed by atoms with E-state index in [0.29, 0.717) is 16.8 Å². The van der Waals surface area contributed by atoms with Gasteiger partial charge in [0.2, 0.25) is 0 Å². The van der Waals surface area contributed by atoms with Gasteiger partial charge in [0, 0.05) is 17.2 Å². The molecule has 0 aromatic heterocycles. The summed E-state index contributed by atoms with van der Waals surface area (Å²) < 4.78 is 0. The number of carbonyl (C=O) groups excluding carboxylic acids is 1. The number of carbonyl (C=O) groups is 1. The Kier molecular flexibility index (Phi) is 5.42. The van der Waals surface area contributed by atoms with Crippen LogP contribution < -0.4 is 5.43 Å². The Bertz CT molecular complexity index is 796. The first-order valence-corrected chi connectivity index (χ1v) is 7.61. The van der Waals surface area contributed by atoms with Gasteiger partial charge in [0.1, 0.15) is 0 Å². The minimum absolute atomic E-state index is 0.0118. The largest absolute Gasteiger partial charge is 0.272 e. The molecule has 0 radical (unpaired) electrons. The molecule has 24 heavy (non-hydrogen) atoms. The van der Waals surface area contributed by atoms with Crippen molar-refractivity contribution in [2.45, 2.75) is 27.2 Å². The lowest BCUT2D eigenvalue weighted by molar-refractivity contribution is -0.385. The molecule has 0 aliphatic carbocycles. The van der Waals surface area contributed by atoms with Crippen LogP contribution in [0.5, 0.6) is 0 Å². The molecule has 6 heteroatoms. The summed E-state index contributed by atoms with van der Waals surface area (Å²) in [4.78, 5) is 22.5. The molecule has 0 heterocycles. The van der Waals surface area contributed by atoms with Crippen molar-refractivity contribution in [1.29, 1.82) is 0 Å². The normalized spacial score (nSPS) is 11.2. The van der Waals surface area contributed by atoms with Crippen LogP contribution in [0.1, 0.15) is 40.9 Å². The van der Waals surface area contributed by atoms with Crippen LogP contribution in [0.3, 0.4) is 0 Å². The van der Waals surface area contributed by atoms with Crippen molar-refractivity contribution in [2.75, 3.05) is 0 Å². The number of hydrogen-bond donors (Lipinski definition) is 1. The Morgan fingerprint density at radius 1 is 1.17 bits per heavy atom. The van der Waals surface area contributed by atoms with E-state index in [1.807, 2.05) is 31.2 Å². The molecule has 124 valence electrons. The maximum absolute atomic E-state index is 12.1. The highest BCUT2D eigenvalue weighted by Crippen LogP contribution is 2.18. The molecule has 0 unspecified atom stereocenters. The van der Waals surface area contributed by atoms with E-state index in [1.54, 1.807) is 6.92 Å². The first kappa shape index (κ1) is 17.3. The van der Waals surface area contributed by atoms with Gasteiger partial charge in [0.05, 0.1) is 10.6 Å². The van der Waals surface area contributed by atoms with Crippen molar-refractivity contribution in [3.63, 3.8) is 0 Å². The smallest absolute Gasteiger partial charge is 0.267 e. The molecule has 0 aliphatic heterocycles. The number of nitrogens with one attached hydrogen (secondary N) is 1. The molecule has 0 atom stereocenters. The van der Waals surface area contributed by atoms with Crippen molar-refractivity contribution in [2.24, 2.45) is 5.10 Å². The molecule has 1 N–H and O–H groups in total. The van der Waals surface area contributed by atoms with E-state index in [0.717, 1.165) is 12.0 Å². The third-order valence-corrected chi connectivity index (χ3v) is 3.76. The Morgan fingerprint density at radius 3 is 2.33 bits per heavy atom. The molecule has 2 aromatic rings. The van der Waals surface area contributed by atoms with Gasteiger partial charge in [0.15, 0.2) is 0 Å². The molecule has 6 nitrogen and oxygen atoms in total. The average Bonchev–Trinajstić information content (AvgIpc) is 2.59. The molecule has 0 spiro atoms. The fraction of sp³-hybridized carbons (Fsp3) is 0.222. The van der Waals surface area contributed by atoms with Crippen molar-refractivity contribution in [3.8, 4) is 0 Å².